The number of nitrogens with zero attached hydrogens (tertiary/aromatic N) is 4. The van der Waals surface area contributed by atoms with Gasteiger partial charge in [0.25, 0.3) is 5.56 Å². The molecular weight excluding hydrogens is 448 g/mol. The van der Waals surface area contributed by atoms with Crippen molar-refractivity contribution in [2.24, 2.45) is 0 Å². The number of piperazine rings is 1. The van der Waals surface area contributed by atoms with E-state index in [1.165, 1.54) is 26.5 Å². The van der Waals surface area contributed by atoms with Crippen LogP contribution in [-0.4, -0.2) is 59.3 Å². The van der Waals surface area contributed by atoms with Gasteiger partial charge in [0, 0.05) is 26.2 Å². The summed E-state index contributed by atoms with van der Waals surface area (Å²) in [7, 11) is -3.65. The van der Waals surface area contributed by atoms with E-state index in [2.05, 4.69) is 4.98 Å². The lowest BCUT2D eigenvalue weighted by Gasteiger charge is -2.34. The number of amides is 1. The van der Waals surface area contributed by atoms with Crippen LogP contribution in [0.25, 0.3) is 21.0 Å². The molecule has 1 saturated heterocycles. The lowest BCUT2D eigenvalue weighted by atomic mass is 10.1. The van der Waals surface area contributed by atoms with Crippen LogP contribution in [-0.2, 0) is 21.4 Å². The number of thiophene rings is 1. The lowest BCUT2D eigenvalue weighted by molar-refractivity contribution is -0.133. The highest BCUT2D eigenvalue weighted by atomic mass is 32.2. The summed E-state index contributed by atoms with van der Waals surface area (Å²) in [4.78, 5) is 31.3. The van der Waals surface area contributed by atoms with Crippen LogP contribution < -0.4 is 5.56 Å². The maximum atomic E-state index is 13.1. The van der Waals surface area contributed by atoms with E-state index in [-0.39, 0.29) is 49.1 Å². The molecule has 8 nitrogen and oxygen atoms in total. The normalized spacial score (nSPS) is 15.4. The Bertz CT molecular complexity index is 1480. The number of hydrogen-bond acceptors (Lipinski definition) is 6. The lowest BCUT2D eigenvalue weighted by Crippen LogP contribution is -2.51. The van der Waals surface area contributed by atoms with Crippen LogP contribution in [0.3, 0.4) is 0 Å². The topological polar surface area (TPSA) is 92.6 Å². The average molecular weight is 469 g/mol. The van der Waals surface area contributed by atoms with Crippen molar-refractivity contribution in [2.45, 2.75) is 11.4 Å². The molecule has 1 aliphatic rings. The van der Waals surface area contributed by atoms with E-state index < -0.39 is 10.0 Å². The number of rotatable bonds is 4. The summed E-state index contributed by atoms with van der Waals surface area (Å²) < 4.78 is 29.5. The first-order chi connectivity index (χ1) is 15.4. The Hall–Kier alpha value is -3.08. The van der Waals surface area contributed by atoms with E-state index in [1.807, 2.05) is 24.3 Å². The van der Waals surface area contributed by atoms with E-state index in [0.717, 1.165) is 10.8 Å². The van der Waals surface area contributed by atoms with Gasteiger partial charge in [-0.2, -0.15) is 4.31 Å². The van der Waals surface area contributed by atoms with E-state index in [4.69, 9.17) is 0 Å². The van der Waals surface area contributed by atoms with Gasteiger partial charge in [-0.05, 0) is 34.4 Å². The molecule has 0 unspecified atom stereocenters. The Labute approximate surface area is 188 Å². The predicted octanol–water partition coefficient (Wildman–Crippen LogP) is 2.14. The fourth-order valence-electron chi connectivity index (χ4n) is 3.89. The molecule has 5 rings (SSSR count). The summed E-state index contributed by atoms with van der Waals surface area (Å²) in [5.41, 5.74) is 0.382. The van der Waals surface area contributed by atoms with Crippen LogP contribution >= 0.6 is 11.3 Å². The van der Waals surface area contributed by atoms with Crippen molar-refractivity contribution >= 4 is 48.3 Å². The van der Waals surface area contributed by atoms with Crippen molar-refractivity contribution in [2.75, 3.05) is 26.2 Å². The Morgan fingerprint density at radius 3 is 2.53 bits per heavy atom. The van der Waals surface area contributed by atoms with Gasteiger partial charge in [-0.3, -0.25) is 14.2 Å². The second-order valence-electron chi connectivity index (χ2n) is 7.61. The highest BCUT2D eigenvalue weighted by molar-refractivity contribution is 7.89. The summed E-state index contributed by atoms with van der Waals surface area (Å²) in [6.07, 6.45) is 1.38. The smallest absolute Gasteiger partial charge is 0.271 e. The maximum absolute atomic E-state index is 13.1. The molecule has 1 aliphatic heterocycles. The van der Waals surface area contributed by atoms with E-state index in [9.17, 15) is 18.0 Å². The molecule has 1 fully saturated rings. The van der Waals surface area contributed by atoms with Gasteiger partial charge in [-0.25, -0.2) is 13.4 Å². The van der Waals surface area contributed by atoms with Crippen molar-refractivity contribution in [1.29, 1.82) is 0 Å². The number of carbonyl (C=O) groups excluding carboxylic acids is 1. The van der Waals surface area contributed by atoms with Gasteiger partial charge in [-0.1, -0.05) is 30.3 Å². The Morgan fingerprint density at radius 1 is 1.00 bits per heavy atom. The molecule has 10 heteroatoms. The number of hydrogen-bond donors (Lipinski definition) is 0. The Kier molecular flexibility index (Phi) is 5.28. The Morgan fingerprint density at radius 2 is 1.75 bits per heavy atom. The van der Waals surface area contributed by atoms with Gasteiger partial charge in [0.1, 0.15) is 11.2 Å². The van der Waals surface area contributed by atoms with Crippen molar-refractivity contribution in [3.05, 3.63) is 70.6 Å². The fraction of sp³-hybridized carbons (Fsp3) is 0.227. The average Bonchev–Trinajstić information content (AvgIpc) is 3.30. The molecule has 0 N–H and O–H groups in total. The standard InChI is InChI=1S/C22H20N4O4S2/c27-20(14-25-15-23-19-7-12-31-21(19)22(25)28)24-8-10-26(11-9-24)32(29,30)18-6-5-16-3-1-2-4-17(16)13-18/h1-7,12-13,15H,8-11,14H2. The highest BCUT2D eigenvalue weighted by Gasteiger charge is 2.30. The minimum atomic E-state index is -3.65. The molecule has 32 heavy (non-hydrogen) atoms. The summed E-state index contributed by atoms with van der Waals surface area (Å²) in [6.45, 7) is 0.844. The van der Waals surface area contributed by atoms with Gasteiger partial charge in [0.05, 0.1) is 16.7 Å². The quantitative estimate of drug-likeness (QED) is 0.458. The summed E-state index contributed by atoms with van der Waals surface area (Å²) in [5, 5.41) is 3.64. The minimum Gasteiger partial charge on any atom is -0.338 e. The molecule has 164 valence electrons. The van der Waals surface area contributed by atoms with E-state index in [0.29, 0.717) is 10.2 Å². The fourth-order valence-corrected chi connectivity index (χ4v) is 6.14. The molecule has 0 saturated carbocycles. The first-order valence-corrected chi connectivity index (χ1v) is 12.4. The molecular formula is C22H20N4O4S2. The molecule has 0 radical (unpaired) electrons. The Balaban J connectivity index is 1.27. The number of carbonyl (C=O) groups is 1. The second-order valence-corrected chi connectivity index (χ2v) is 10.5. The largest absolute Gasteiger partial charge is 0.338 e. The first-order valence-electron chi connectivity index (χ1n) is 10.1. The van der Waals surface area contributed by atoms with Gasteiger partial charge < -0.3 is 4.90 Å². The van der Waals surface area contributed by atoms with Crippen LogP contribution in [0.5, 0.6) is 0 Å². The zero-order valence-corrected chi connectivity index (χ0v) is 18.7. The predicted molar refractivity (Wildman–Crippen MR) is 123 cm³/mol. The van der Waals surface area contributed by atoms with Crippen molar-refractivity contribution in [1.82, 2.24) is 18.8 Å². The highest BCUT2D eigenvalue weighted by Crippen LogP contribution is 2.23. The third-order valence-corrected chi connectivity index (χ3v) is 8.48. The third kappa shape index (κ3) is 3.70. The molecule has 0 atom stereocenters. The second kappa shape index (κ2) is 8.12. The minimum absolute atomic E-state index is 0.114. The molecule has 1 amide bonds. The molecule has 2 aromatic heterocycles. The van der Waals surface area contributed by atoms with Gasteiger partial charge in [0.2, 0.25) is 15.9 Å². The molecule has 0 spiro atoms. The molecule has 4 aromatic rings. The SMILES string of the molecule is O=C(Cn1cnc2ccsc2c1=O)N1CCN(S(=O)(=O)c2ccc3ccccc3c2)CC1. The van der Waals surface area contributed by atoms with E-state index >= 15 is 0 Å². The molecule has 0 aliphatic carbocycles. The van der Waals surface area contributed by atoms with Crippen LogP contribution in [0.1, 0.15) is 0 Å². The van der Waals surface area contributed by atoms with Crippen LogP contribution in [0.4, 0.5) is 0 Å². The third-order valence-electron chi connectivity index (χ3n) is 5.69. The van der Waals surface area contributed by atoms with Crippen LogP contribution in [0.2, 0.25) is 0 Å². The summed E-state index contributed by atoms with van der Waals surface area (Å²) in [5.74, 6) is -0.229. The maximum Gasteiger partial charge on any atom is 0.271 e. The summed E-state index contributed by atoms with van der Waals surface area (Å²) in [6, 6.07) is 14.5. The van der Waals surface area contributed by atoms with E-state index in [1.54, 1.807) is 34.5 Å². The van der Waals surface area contributed by atoms with Crippen LogP contribution in [0.15, 0.2) is 69.9 Å². The monoisotopic (exact) mass is 468 g/mol. The van der Waals surface area contributed by atoms with Crippen molar-refractivity contribution < 1.29 is 13.2 Å². The summed E-state index contributed by atoms with van der Waals surface area (Å²) >= 11 is 1.30. The number of sulfonamides is 1. The molecule has 0 bridgehead atoms. The first kappa shape index (κ1) is 20.8. The number of aromatic nitrogens is 2. The zero-order valence-electron chi connectivity index (χ0n) is 17.0. The van der Waals surface area contributed by atoms with Gasteiger partial charge in [0.15, 0.2) is 0 Å². The van der Waals surface area contributed by atoms with Gasteiger partial charge in [-0.15, -0.1) is 11.3 Å². The molecule has 2 aromatic carbocycles. The van der Waals surface area contributed by atoms with Crippen molar-refractivity contribution in [3.63, 3.8) is 0 Å². The van der Waals surface area contributed by atoms with Crippen molar-refractivity contribution in [3.8, 4) is 0 Å². The van der Waals surface area contributed by atoms with Crippen LogP contribution in [0, 0.1) is 0 Å². The number of fused-ring (bicyclic) bond motifs is 2. The number of benzene rings is 2. The van der Waals surface area contributed by atoms with Gasteiger partial charge >= 0.3 is 0 Å². The molecule has 3 heterocycles. The zero-order chi connectivity index (χ0) is 22.3.